The molecule has 0 saturated heterocycles. The molecule has 0 fully saturated rings. The summed E-state index contributed by atoms with van der Waals surface area (Å²) in [5.74, 6) is 0.465. The van der Waals surface area contributed by atoms with Gasteiger partial charge in [0, 0.05) is 32.4 Å². The monoisotopic (exact) mass is 438 g/mol. The smallest absolute Gasteiger partial charge is 0.0575 e. The van der Waals surface area contributed by atoms with Crippen LogP contribution in [-0.4, -0.2) is 9.55 Å². The van der Waals surface area contributed by atoms with E-state index in [4.69, 9.17) is 0 Å². The topological polar surface area (TPSA) is 20.7 Å². The van der Waals surface area contributed by atoms with Crippen LogP contribution in [0.1, 0.15) is 31.7 Å². The van der Waals surface area contributed by atoms with Gasteiger partial charge in [-0.2, -0.15) is 0 Å². The van der Waals surface area contributed by atoms with Gasteiger partial charge in [0.1, 0.15) is 0 Å². The fourth-order valence-electron chi connectivity index (χ4n) is 5.76. The zero-order chi connectivity index (χ0) is 22.8. The lowest BCUT2D eigenvalue weighted by Gasteiger charge is -2.20. The first kappa shape index (κ1) is 19.4. The Kier molecular flexibility index (Phi) is 4.13. The van der Waals surface area contributed by atoms with Crippen LogP contribution < -0.4 is 0 Å². The second-order valence-electron chi connectivity index (χ2n) is 9.44. The van der Waals surface area contributed by atoms with Crippen LogP contribution in [0.4, 0.5) is 0 Å². The van der Waals surface area contributed by atoms with Crippen molar-refractivity contribution in [3.63, 3.8) is 0 Å². The number of hydrogen-bond acceptors (Lipinski definition) is 0. The molecule has 7 aromatic rings. The van der Waals surface area contributed by atoms with Crippen LogP contribution in [0.25, 0.3) is 60.1 Å². The lowest BCUT2D eigenvalue weighted by atomic mass is 9.93. The number of rotatable bonds is 3. The van der Waals surface area contributed by atoms with Gasteiger partial charge in [-0.15, -0.1) is 0 Å². The van der Waals surface area contributed by atoms with E-state index < -0.39 is 0 Å². The van der Waals surface area contributed by atoms with Crippen LogP contribution in [0.5, 0.6) is 0 Å². The Morgan fingerprint density at radius 1 is 0.676 bits per heavy atom. The molecule has 2 aromatic heterocycles. The van der Waals surface area contributed by atoms with Gasteiger partial charge in [0.2, 0.25) is 0 Å². The van der Waals surface area contributed by atoms with Gasteiger partial charge in [0.25, 0.3) is 0 Å². The van der Waals surface area contributed by atoms with Gasteiger partial charge < -0.3 is 9.55 Å². The molecule has 0 bridgehead atoms. The second kappa shape index (κ2) is 7.23. The van der Waals surface area contributed by atoms with Gasteiger partial charge in [-0.1, -0.05) is 92.7 Å². The molecule has 1 atom stereocenters. The summed E-state index contributed by atoms with van der Waals surface area (Å²) < 4.78 is 2.51. The molecule has 164 valence electrons. The van der Waals surface area contributed by atoms with Crippen LogP contribution in [-0.2, 0) is 0 Å². The van der Waals surface area contributed by atoms with Crippen molar-refractivity contribution in [2.75, 3.05) is 0 Å². The molecule has 1 N–H and O–H groups in total. The lowest BCUT2D eigenvalue weighted by Crippen LogP contribution is -2.04. The molecule has 0 amide bonds. The number of hydrogen-bond donors (Lipinski definition) is 1. The summed E-state index contributed by atoms with van der Waals surface area (Å²) >= 11 is 0. The minimum absolute atomic E-state index is 0.465. The molecule has 2 heteroatoms. The standard InChI is InChI=1S/C32H26N2/c1-3-20(2)22-17-16-21-10-4-5-11-23(21)32(22)34-28-15-9-7-13-26(28)30-29(34)19-18-25-24-12-6-8-14-27(24)33-31(25)30/h4-20,33H,3H2,1-2H3. The first-order valence-corrected chi connectivity index (χ1v) is 12.2. The average Bonchev–Trinajstić information content (AvgIpc) is 3.43. The zero-order valence-electron chi connectivity index (χ0n) is 19.5. The van der Waals surface area contributed by atoms with E-state index in [1.165, 1.54) is 65.6 Å². The molecule has 5 aromatic carbocycles. The van der Waals surface area contributed by atoms with Gasteiger partial charge in [0.15, 0.2) is 0 Å². The second-order valence-corrected chi connectivity index (χ2v) is 9.44. The Morgan fingerprint density at radius 2 is 1.41 bits per heavy atom. The maximum Gasteiger partial charge on any atom is 0.0575 e. The molecular formula is C32H26N2. The van der Waals surface area contributed by atoms with E-state index >= 15 is 0 Å². The zero-order valence-corrected chi connectivity index (χ0v) is 19.5. The van der Waals surface area contributed by atoms with Gasteiger partial charge in [-0.25, -0.2) is 0 Å². The van der Waals surface area contributed by atoms with Gasteiger partial charge in [0.05, 0.1) is 22.2 Å². The minimum atomic E-state index is 0.465. The van der Waals surface area contributed by atoms with Crippen LogP contribution in [0.15, 0.2) is 97.1 Å². The molecule has 0 aliphatic carbocycles. The summed E-state index contributed by atoms with van der Waals surface area (Å²) in [6, 6.07) is 35.5. The summed E-state index contributed by atoms with van der Waals surface area (Å²) in [6.07, 6.45) is 1.11. The number of nitrogens with one attached hydrogen (secondary N) is 1. The highest BCUT2D eigenvalue weighted by Crippen LogP contribution is 2.42. The van der Waals surface area contributed by atoms with Crippen molar-refractivity contribution in [3.8, 4) is 5.69 Å². The van der Waals surface area contributed by atoms with Gasteiger partial charge >= 0.3 is 0 Å². The van der Waals surface area contributed by atoms with Crippen molar-refractivity contribution in [1.29, 1.82) is 0 Å². The Hall–Kier alpha value is -4.04. The number of H-pyrrole nitrogens is 1. The first-order chi connectivity index (χ1) is 16.8. The van der Waals surface area contributed by atoms with Gasteiger partial charge in [-0.3, -0.25) is 0 Å². The number of nitrogens with zero attached hydrogens (tertiary/aromatic N) is 1. The third-order valence-corrected chi connectivity index (χ3v) is 7.61. The van der Waals surface area contributed by atoms with E-state index in [-0.39, 0.29) is 0 Å². The van der Waals surface area contributed by atoms with Crippen LogP contribution >= 0.6 is 0 Å². The maximum absolute atomic E-state index is 3.75. The number of aromatic nitrogens is 2. The highest BCUT2D eigenvalue weighted by Gasteiger charge is 2.21. The van der Waals surface area contributed by atoms with Crippen molar-refractivity contribution in [2.24, 2.45) is 0 Å². The van der Waals surface area contributed by atoms with E-state index in [1.54, 1.807) is 0 Å². The van der Waals surface area contributed by atoms with Crippen molar-refractivity contribution in [1.82, 2.24) is 9.55 Å². The molecule has 0 aliphatic rings. The number of aromatic amines is 1. The molecule has 1 unspecified atom stereocenters. The van der Waals surface area contributed by atoms with Crippen molar-refractivity contribution in [2.45, 2.75) is 26.2 Å². The predicted octanol–water partition coefficient (Wildman–Crippen LogP) is 9.08. The number of para-hydroxylation sites is 2. The summed E-state index contributed by atoms with van der Waals surface area (Å²) in [5, 5.41) is 7.74. The van der Waals surface area contributed by atoms with E-state index in [2.05, 4.69) is 120 Å². The Labute approximate surface area is 198 Å². The predicted molar refractivity (Wildman–Crippen MR) is 146 cm³/mol. The molecule has 0 aliphatic heterocycles. The van der Waals surface area contributed by atoms with Crippen molar-refractivity contribution < 1.29 is 0 Å². The summed E-state index contributed by atoms with van der Waals surface area (Å²) in [7, 11) is 0. The average molecular weight is 439 g/mol. The van der Waals surface area contributed by atoms with Gasteiger partial charge in [-0.05, 0) is 41.5 Å². The summed E-state index contributed by atoms with van der Waals surface area (Å²) in [4.78, 5) is 3.75. The summed E-state index contributed by atoms with van der Waals surface area (Å²) in [6.45, 7) is 4.63. The van der Waals surface area contributed by atoms with E-state index in [0.29, 0.717) is 5.92 Å². The highest BCUT2D eigenvalue weighted by molar-refractivity contribution is 6.25. The fraction of sp³-hybridized carbons (Fsp3) is 0.125. The molecule has 0 saturated carbocycles. The normalized spacial score (nSPS) is 13.0. The molecule has 34 heavy (non-hydrogen) atoms. The molecular weight excluding hydrogens is 412 g/mol. The minimum Gasteiger partial charge on any atom is -0.354 e. The van der Waals surface area contributed by atoms with E-state index in [1.807, 2.05) is 0 Å². The highest BCUT2D eigenvalue weighted by atomic mass is 15.0. The molecule has 2 heterocycles. The SMILES string of the molecule is CCC(C)c1ccc2ccccc2c1-n1c2ccccc2c2c3[nH]c4ccccc4c3ccc21. The Balaban J connectivity index is 1.72. The molecule has 7 rings (SSSR count). The molecule has 0 radical (unpaired) electrons. The fourth-order valence-corrected chi connectivity index (χ4v) is 5.76. The van der Waals surface area contributed by atoms with Crippen LogP contribution in [0.2, 0.25) is 0 Å². The quantitative estimate of drug-likeness (QED) is 0.284. The Bertz CT molecular complexity index is 1870. The Morgan fingerprint density at radius 3 is 2.26 bits per heavy atom. The molecule has 2 nitrogen and oxygen atoms in total. The maximum atomic E-state index is 3.75. The largest absolute Gasteiger partial charge is 0.354 e. The molecule has 0 spiro atoms. The lowest BCUT2D eigenvalue weighted by molar-refractivity contribution is 0.730. The van der Waals surface area contributed by atoms with E-state index in [9.17, 15) is 0 Å². The third-order valence-electron chi connectivity index (χ3n) is 7.61. The first-order valence-electron chi connectivity index (χ1n) is 12.2. The summed E-state index contributed by atoms with van der Waals surface area (Å²) in [5.41, 5.74) is 7.63. The van der Waals surface area contributed by atoms with Crippen molar-refractivity contribution in [3.05, 3.63) is 103 Å². The van der Waals surface area contributed by atoms with E-state index in [0.717, 1.165) is 6.42 Å². The number of benzene rings is 5. The third kappa shape index (κ3) is 2.57. The van der Waals surface area contributed by atoms with Crippen LogP contribution in [0.3, 0.4) is 0 Å². The van der Waals surface area contributed by atoms with Crippen LogP contribution in [0, 0.1) is 0 Å². The number of fused-ring (bicyclic) bond motifs is 8. The van der Waals surface area contributed by atoms with Crippen molar-refractivity contribution >= 4 is 54.4 Å².